The third-order valence-corrected chi connectivity index (χ3v) is 5.10. The summed E-state index contributed by atoms with van der Waals surface area (Å²) in [7, 11) is 0. The molecule has 0 heterocycles. The Balaban J connectivity index is 2.15. The molecular weight excluding hydrogens is 416 g/mol. The first-order chi connectivity index (χ1) is 12.1. The van der Waals surface area contributed by atoms with Crippen molar-refractivity contribution in [2.75, 3.05) is 0 Å². The highest BCUT2D eigenvalue weighted by molar-refractivity contribution is 9.10. The lowest BCUT2D eigenvalue weighted by Crippen LogP contribution is -2.45. The Hall–Kier alpha value is -1.85. The summed E-state index contributed by atoms with van der Waals surface area (Å²) in [6.07, 6.45) is 0.252. The van der Waals surface area contributed by atoms with E-state index in [9.17, 15) is 9.59 Å². The van der Waals surface area contributed by atoms with Crippen LogP contribution in [0.15, 0.2) is 46.9 Å². The van der Waals surface area contributed by atoms with Gasteiger partial charge in [-0.05, 0) is 46.9 Å². The standard InChI is InChI=1S/C20H22BrClN2O2/c1-20(2,3)14-6-4-12(5-7-14)19(26)24-17(18(23)25)11-13-10-15(22)8-9-16(13)21/h4-10,17H,11H2,1-3H3,(H2,23,25)(H,24,26)/t17-/m0/s1. The zero-order valence-electron chi connectivity index (χ0n) is 15.0. The molecule has 0 unspecified atom stereocenters. The lowest BCUT2D eigenvalue weighted by atomic mass is 9.86. The van der Waals surface area contributed by atoms with Crippen LogP contribution in [0.25, 0.3) is 0 Å². The van der Waals surface area contributed by atoms with Crippen LogP contribution < -0.4 is 11.1 Å². The number of carbonyl (C=O) groups excluding carboxylic acids is 2. The second-order valence-corrected chi connectivity index (χ2v) is 8.49. The third-order valence-electron chi connectivity index (χ3n) is 4.09. The molecule has 26 heavy (non-hydrogen) atoms. The number of benzene rings is 2. The second kappa shape index (κ2) is 8.23. The number of halogens is 2. The van der Waals surface area contributed by atoms with Gasteiger partial charge in [0.2, 0.25) is 5.91 Å². The van der Waals surface area contributed by atoms with Crippen molar-refractivity contribution in [3.8, 4) is 0 Å². The van der Waals surface area contributed by atoms with E-state index < -0.39 is 11.9 Å². The lowest BCUT2D eigenvalue weighted by molar-refractivity contribution is -0.119. The number of primary amides is 1. The van der Waals surface area contributed by atoms with Gasteiger partial charge in [-0.15, -0.1) is 0 Å². The van der Waals surface area contributed by atoms with Crippen molar-refractivity contribution >= 4 is 39.3 Å². The first kappa shape index (κ1) is 20.5. The fourth-order valence-electron chi connectivity index (χ4n) is 2.51. The minimum absolute atomic E-state index is 0.00359. The van der Waals surface area contributed by atoms with E-state index in [1.807, 2.05) is 12.1 Å². The van der Waals surface area contributed by atoms with Crippen molar-refractivity contribution in [1.29, 1.82) is 0 Å². The summed E-state index contributed by atoms with van der Waals surface area (Å²) in [4.78, 5) is 24.3. The van der Waals surface area contributed by atoms with Gasteiger partial charge in [-0.1, -0.05) is 60.4 Å². The molecule has 2 aromatic rings. The van der Waals surface area contributed by atoms with Crippen molar-refractivity contribution in [3.05, 3.63) is 68.7 Å². The molecule has 0 bridgehead atoms. The Morgan fingerprint density at radius 2 is 1.77 bits per heavy atom. The Morgan fingerprint density at radius 3 is 2.31 bits per heavy atom. The van der Waals surface area contributed by atoms with Crippen molar-refractivity contribution in [3.63, 3.8) is 0 Å². The molecule has 6 heteroatoms. The van der Waals surface area contributed by atoms with Crippen LogP contribution in [0.2, 0.25) is 5.02 Å². The molecule has 0 aliphatic heterocycles. The summed E-state index contributed by atoms with van der Waals surface area (Å²) in [5.41, 5.74) is 7.89. The predicted molar refractivity (Wildman–Crippen MR) is 108 cm³/mol. The van der Waals surface area contributed by atoms with Crippen LogP contribution in [0.5, 0.6) is 0 Å². The monoisotopic (exact) mass is 436 g/mol. The van der Waals surface area contributed by atoms with E-state index in [1.165, 1.54) is 0 Å². The quantitative estimate of drug-likeness (QED) is 0.735. The van der Waals surface area contributed by atoms with Gasteiger partial charge in [0.25, 0.3) is 5.91 Å². The number of carbonyl (C=O) groups is 2. The van der Waals surface area contributed by atoms with Gasteiger partial charge in [-0.3, -0.25) is 9.59 Å². The summed E-state index contributed by atoms with van der Waals surface area (Å²) in [6, 6.07) is 11.8. The molecular formula is C20H22BrClN2O2. The van der Waals surface area contributed by atoms with E-state index in [2.05, 4.69) is 42.0 Å². The molecule has 0 radical (unpaired) electrons. The summed E-state index contributed by atoms with van der Waals surface area (Å²) in [6.45, 7) is 6.32. The largest absolute Gasteiger partial charge is 0.368 e. The maximum atomic E-state index is 12.5. The molecule has 2 amide bonds. The van der Waals surface area contributed by atoms with Gasteiger partial charge in [0.15, 0.2) is 0 Å². The van der Waals surface area contributed by atoms with Crippen molar-refractivity contribution in [1.82, 2.24) is 5.32 Å². The predicted octanol–water partition coefficient (Wildman–Crippen LogP) is 4.23. The molecule has 0 aliphatic rings. The maximum absolute atomic E-state index is 12.5. The van der Waals surface area contributed by atoms with Gasteiger partial charge in [0.1, 0.15) is 6.04 Å². The Bertz CT molecular complexity index is 814. The summed E-state index contributed by atoms with van der Waals surface area (Å²) in [5, 5.41) is 3.26. The number of rotatable bonds is 5. The van der Waals surface area contributed by atoms with E-state index in [0.29, 0.717) is 10.6 Å². The topological polar surface area (TPSA) is 72.2 Å². The lowest BCUT2D eigenvalue weighted by Gasteiger charge is -2.20. The summed E-state index contributed by atoms with van der Waals surface area (Å²) < 4.78 is 0.803. The SMILES string of the molecule is CC(C)(C)c1ccc(C(=O)N[C@@H](Cc2cc(Cl)ccc2Br)C(N)=O)cc1. The average molecular weight is 438 g/mol. The normalized spacial score (nSPS) is 12.5. The van der Waals surface area contributed by atoms with Gasteiger partial charge in [0, 0.05) is 21.5 Å². The molecule has 2 aromatic carbocycles. The molecule has 0 spiro atoms. The van der Waals surface area contributed by atoms with E-state index in [0.717, 1.165) is 15.6 Å². The molecule has 0 saturated heterocycles. The molecule has 2 rings (SSSR count). The summed E-state index contributed by atoms with van der Waals surface area (Å²) >= 11 is 9.43. The number of nitrogens with two attached hydrogens (primary N) is 1. The van der Waals surface area contributed by atoms with Crippen molar-refractivity contribution < 1.29 is 9.59 Å². The minimum atomic E-state index is -0.834. The molecule has 3 N–H and O–H groups in total. The minimum Gasteiger partial charge on any atom is -0.368 e. The van der Waals surface area contributed by atoms with Gasteiger partial charge in [0.05, 0.1) is 0 Å². The Labute approximate surface area is 167 Å². The molecule has 0 aliphatic carbocycles. The van der Waals surface area contributed by atoms with Gasteiger partial charge in [-0.2, -0.15) is 0 Å². The number of hydrogen-bond donors (Lipinski definition) is 2. The Morgan fingerprint density at radius 1 is 1.15 bits per heavy atom. The Kier molecular flexibility index (Phi) is 6.48. The van der Waals surface area contributed by atoms with Crippen molar-refractivity contribution in [2.24, 2.45) is 5.73 Å². The van der Waals surface area contributed by atoms with Crippen LogP contribution in [0, 0.1) is 0 Å². The number of nitrogens with one attached hydrogen (secondary N) is 1. The zero-order chi connectivity index (χ0) is 19.5. The highest BCUT2D eigenvalue weighted by atomic mass is 79.9. The van der Waals surface area contributed by atoms with E-state index >= 15 is 0 Å². The first-order valence-corrected chi connectivity index (χ1v) is 9.39. The molecule has 0 fully saturated rings. The van der Waals surface area contributed by atoms with Crippen LogP contribution in [0.1, 0.15) is 42.3 Å². The van der Waals surface area contributed by atoms with Gasteiger partial charge in [-0.25, -0.2) is 0 Å². The maximum Gasteiger partial charge on any atom is 0.251 e. The van der Waals surface area contributed by atoms with E-state index in [1.54, 1.807) is 30.3 Å². The summed E-state index contributed by atoms with van der Waals surface area (Å²) in [5.74, 6) is -0.941. The molecule has 0 aromatic heterocycles. The van der Waals surface area contributed by atoms with Gasteiger partial charge >= 0.3 is 0 Å². The number of amides is 2. The van der Waals surface area contributed by atoms with Crippen LogP contribution in [0.4, 0.5) is 0 Å². The molecule has 1 atom stereocenters. The zero-order valence-corrected chi connectivity index (χ0v) is 17.3. The van der Waals surface area contributed by atoms with E-state index in [-0.39, 0.29) is 17.7 Å². The molecule has 138 valence electrons. The van der Waals surface area contributed by atoms with Crippen LogP contribution in [-0.4, -0.2) is 17.9 Å². The molecule has 0 saturated carbocycles. The first-order valence-electron chi connectivity index (χ1n) is 8.22. The third kappa shape index (κ3) is 5.32. The van der Waals surface area contributed by atoms with Crippen LogP contribution in [0.3, 0.4) is 0 Å². The highest BCUT2D eigenvalue weighted by Gasteiger charge is 2.21. The smallest absolute Gasteiger partial charge is 0.251 e. The fourth-order valence-corrected chi connectivity index (χ4v) is 3.11. The fraction of sp³-hybridized carbons (Fsp3) is 0.300. The highest BCUT2D eigenvalue weighted by Crippen LogP contribution is 2.23. The van der Waals surface area contributed by atoms with Crippen LogP contribution in [-0.2, 0) is 16.6 Å². The number of hydrogen-bond acceptors (Lipinski definition) is 2. The average Bonchev–Trinajstić information content (AvgIpc) is 2.56. The van der Waals surface area contributed by atoms with Crippen LogP contribution >= 0.6 is 27.5 Å². The second-order valence-electron chi connectivity index (χ2n) is 7.20. The van der Waals surface area contributed by atoms with Crippen molar-refractivity contribution in [2.45, 2.75) is 38.6 Å². The molecule has 4 nitrogen and oxygen atoms in total. The van der Waals surface area contributed by atoms with E-state index in [4.69, 9.17) is 17.3 Å². The van der Waals surface area contributed by atoms with Gasteiger partial charge < -0.3 is 11.1 Å².